The van der Waals surface area contributed by atoms with Crippen LogP contribution in [0.4, 0.5) is 0 Å². The number of amides is 1. The maximum atomic E-state index is 11.8. The topological polar surface area (TPSA) is 92.4 Å². The molecule has 0 bridgehead atoms. The molecule has 0 spiro atoms. The number of carbonyl (C=O) groups excluding carboxylic acids is 1. The number of benzene rings is 1. The van der Waals surface area contributed by atoms with Crippen molar-refractivity contribution in [3.8, 4) is 0 Å². The van der Waals surface area contributed by atoms with Crippen LogP contribution in [-0.2, 0) is 9.59 Å². The lowest BCUT2D eigenvalue weighted by Gasteiger charge is -2.16. The molecule has 0 heterocycles. The Bertz CT molecular complexity index is 457. The zero-order chi connectivity index (χ0) is 13.8. The van der Waals surface area contributed by atoms with E-state index in [1.807, 2.05) is 0 Å². The van der Waals surface area contributed by atoms with Crippen LogP contribution < -0.4 is 11.1 Å². The number of carbonyl (C=O) groups is 2. The van der Waals surface area contributed by atoms with Crippen LogP contribution in [0.5, 0.6) is 0 Å². The highest BCUT2D eigenvalue weighted by Crippen LogP contribution is 2.32. The molecule has 0 aliphatic heterocycles. The first-order valence-corrected chi connectivity index (χ1v) is 6.40. The molecular formula is C14H18N2O3. The third kappa shape index (κ3) is 3.79. The molecule has 0 aromatic heterocycles. The highest BCUT2D eigenvalue weighted by molar-refractivity contribution is 5.84. The number of carboxylic acid groups (broad SMARTS) is 1. The molecule has 1 amide bonds. The summed E-state index contributed by atoms with van der Waals surface area (Å²) in [7, 11) is 0. The van der Waals surface area contributed by atoms with Gasteiger partial charge in [0.25, 0.3) is 0 Å². The smallest absolute Gasteiger partial charge is 0.330 e. The van der Waals surface area contributed by atoms with Crippen LogP contribution in [-0.4, -0.2) is 23.0 Å². The van der Waals surface area contributed by atoms with E-state index in [0.717, 1.165) is 12.8 Å². The monoisotopic (exact) mass is 262 g/mol. The lowest BCUT2D eigenvalue weighted by Crippen LogP contribution is -2.37. The van der Waals surface area contributed by atoms with Crippen LogP contribution in [0.15, 0.2) is 30.3 Å². The van der Waals surface area contributed by atoms with Crippen LogP contribution in [0, 0.1) is 5.92 Å². The Kier molecular flexibility index (Phi) is 4.16. The van der Waals surface area contributed by atoms with Crippen LogP contribution in [0.2, 0.25) is 0 Å². The van der Waals surface area contributed by atoms with E-state index in [1.165, 1.54) is 0 Å². The SMILES string of the molecule is NC(CC(=O)NC(C(=O)O)c1ccccc1)C1CC1. The van der Waals surface area contributed by atoms with Crippen molar-refractivity contribution >= 4 is 11.9 Å². The summed E-state index contributed by atoms with van der Waals surface area (Å²) in [4.78, 5) is 23.0. The van der Waals surface area contributed by atoms with Gasteiger partial charge in [-0.1, -0.05) is 30.3 Å². The van der Waals surface area contributed by atoms with Gasteiger partial charge < -0.3 is 16.2 Å². The standard InChI is InChI=1S/C14H18N2O3/c15-11(9-6-7-9)8-12(17)16-13(14(18)19)10-4-2-1-3-5-10/h1-5,9,11,13H,6-8,15H2,(H,16,17)(H,18,19). The Labute approximate surface area is 111 Å². The third-order valence-corrected chi connectivity index (χ3v) is 3.33. The van der Waals surface area contributed by atoms with Crippen molar-refractivity contribution in [2.75, 3.05) is 0 Å². The zero-order valence-corrected chi connectivity index (χ0v) is 10.6. The molecular weight excluding hydrogens is 244 g/mol. The lowest BCUT2D eigenvalue weighted by molar-refractivity contribution is -0.142. The van der Waals surface area contributed by atoms with Gasteiger partial charge in [-0.3, -0.25) is 4.79 Å². The van der Waals surface area contributed by atoms with Gasteiger partial charge in [-0.15, -0.1) is 0 Å². The van der Waals surface area contributed by atoms with Crippen molar-refractivity contribution in [1.82, 2.24) is 5.32 Å². The Morgan fingerprint density at radius 2 is 1.95 bits per heavy atom. The van der Waals surface area contributed by atoms with E-state index in [-0.39, 0.29) is 18.4 Å². The first kappa shape index (κ1) is 13.5. The van der Waals surface area contributed by atoms with Crippen LogP contribution in [0.3, 0.4) is 0 Å². The molecule has 2 atom stereocenters. The number of aliphatic carboxylic acids is 1. The molecule has 5 nitrogen and oxygen atoms in total. The molecule has 102 valence electrons. The first-order chi connectivity index (χ1) is 9.08. The highest BCUT2D eigenvalue weighted by atomic mass is 16.4. The number of nitrogens with two attached hydrogens (primary N) is 1. The Morgan fingerprint density at radius 3 is 2.47 bits per heavy atom. The fourth-order valence-electron chi connectivity index (χ4n) is 2.06. The quantitative estimate of drug-likeness (QED) is 0.714. The van der Waals surface area contributed by atoms with Crippen molar-refractivity contribution in [3.05, 3.63) is 35.9 Å². The summed E-state index contributed by atoms with van der Waals surface area (Å²) in [6, 6.07) is 7.47. The Balaban J connectivity index is 1.96. The minimum absolute atomic E-state index is 0.162. The molecule has 0 radical (unpaired) electrons. The van der Waals surface area contributed by atoms with Crippen molar-refractivity contribution in [3.63, 3.8) is 0 Å². The molecule has 4 N–H and O–H groups in total. The molecule has 2 unspecified atom stereocenters. The van der Waals surface area contributed by atoms with E-state index >= 15 is 0 Å². The van der Waals surface area contributed by atoms with Crippen LogP contribution in [0.25, 0.3) is 0 Å². The van der Waals surface area contributed by atoms with Gasteiger partial charge in [-0.2, -0.15) is 0 Å². The average molecular weight is 262 g/mol. The van der Waals surface area contributed by atoms with Gasteiger partial charge in [0.2, 0.25) is 5.91 Å². The molecule has 1 aromatic rings. The normalized spacial score (nSPS) is 17.5. The molecule has 5 heteroatoms. The second-order valence-corrected chi connectivity index (χ2v) is 4.95. The van der Waals surface area contributed by atoms with Gasteiger partial charge in [-0.25, -0.2) is 4.79 Å². The van der Waals surface area contributed by atoms with E-state index in [1.54, 1.807) is 30.3 Å². The summed E-state index contributed by atoms with van der Waals surface area (Å²) < 4.78 is 0. The van der Waals surface area contributed by atoms with Gasteiger partial charge >= 0.3 is 5.97 Å². The molecule has 19 heavy (non-hydrogen) atoms. The Hall–Kier alpha value is -1.88. The number of hydrogen-bond donors (Lipinski definition) is 3. The number of rotatable bonds is 6. The minimum Gasteiger partial charge on any atom is -0.479 e. The minimum atomic E-state index is -1.07. The fraction of sp³-hybridized carbons (Fsp3) is 0.429. The zero-order valence-electron chi connectivity index (χ0n) is 10.6. The summed E-state index contributed by atoms with van der Waals surface area (Å²) in [5, 5.41) is 11.7. The first-order valence-electron chi connectivity index (χ1n) is 6.40. The molecule has 0 saturated heterocycles. The maximum absolute atomic E-state index is 11.8. The summed E-state index contributed by atoms with van der Waals surface area (Å²) >= 11 is 0. The Morgan fingerprint density at radius 1 is 1.32 bits per heavy atom. The average Bonchev–Trinajstić information content (AvgIpc) is 3.21. The summed E-state index contributed by atoms with van der Waals surface area (Å²) in [6.07, 6.45) is 2.31. The predicted molar refractivity (Wildman–Crippen MR) is 70.3 cm³/mol. The molecule has 1 fully saturated rings. The van der Waals surface area contributed by atoms with Crippen molar-refractivity contribution in [1.29, 1.82) is 0 Å². The molecule has 1 aromatic carbocycles. The molecule has 1 aliphatic carbocycles. The number of hydrogen-bond acceptors (Lipinski definition) is 3. The van der Waals surface area contributed by atoms with Crippen molar-refractivity contribution in [2.24, 2.45) is 11.7 Å². The number of carboxylic acids is 1. The second kappa shape index (κ2) is 5.84. The van der Waals surface area contributed by atoms with E-state index in [0.29, 0.717) is 11.5 Å². The van der Waals surface area contributed by atoms with Gasteiger partial charge in [0.15, 0.2) is 6.04 Å². The second-order valence-electron chi connectivity index (χ2n) is 4.95. The summed E-state index contributed by atoms with van der Waals surface area (Å²) in [5.41, 5.74) is 6.42. The summed E-state index contributed by atoms with van der Waals surface area (Å²) in [6.45, 7) is 0. The van der Waals surface area contributed by atoms with Gasteiger partial charge in [0.1, 0.15) is 0 Å². The molecule has 1 aliphatic rings. The van der Waals surface area contributed by atoms with E-state index in [4.69, 9.17) is 5.73 Å². The summed E-state index contributed by atoms with van der Waals surface area (Å²) in [5.74, 6) is -0.957. The lowest BCUT2D eigenvalue weighted by atomic mass is 10.1. The third-order valence-electron chi connectivity index (χ3n) is 3.33. The maximum Gasteiger partial charge on any atom is 0.330 e. The molecule has 2 rings (SSSR count). The number of nitrogens with one attached hydrogen (secondary N) is 1. The largest absolute Gasteiger partial charge is 0.479 e. The van der Waals surface area contributed by atoms with E-state index < -0.39 is 12.0 Å². The van der Waals surface area contributed by atoms with Gasteiger partial charge in [0, 0.05) is 12.5 Å². The highest BCUT2D eigenvalue weighted by Gasteiger charge is 2.31. The fourth-order valence-corrected chi connectivity index (χ4v) is 2.06. The van der Waals surface area contributed by atoms with Gasteiger partial charge in [-0.05, 0) is 24.3 Å². The van der Waals surface area contributed by atoms with Gasteiger partial charge in [0.05, 0.1) is 0 Å². The van der Waals surface area contributed by atoms with E-state index in [9.17, 15) is 14.7 Å². The predicted octanol–water partition coefficient (Wildman–Crippen LogP) is 1.06. The van der Waals surface area contributed by atoms with Crippen molar-refractivity contribution in [2.45, 2.75) is 31.3 Å². The van der Waals surface area contributed by atoms with Crippen molar-refractivity contribution < 1.29 is 14.7 Å². The van der Waals surface area contributed by atoms with Crippen LogP contribution >= 0.6 is 0 Å². The van der Waals surface area contributed by atoms with Crippen LogP contribution in [0.1, 0.15) is 30.9 Å². The molecule has 1 saturated carbocycles. The van der Waals surface area contributed by atoms with E-state index in [2.05, 4.69) is 5.32 Å².